The van der Waals surface area contributed by atoms with E-state index in [0.717, 1.165) is 12.3 Å². The van der Waals surface area contributed by atoms with Crippen LogP contribution in [-0.2, 0) is 18.9 Å². The summed E-state index contributed by atoms with van der Waals surface area (Å²) in [6.45, 7) is 5.28. The monoisotopic (exact) mass is 435 g/mol. The molecule has 168 valence electrons. The Balaban J connectivity index is 2.24. The summed E-state index contributed by atoms with van der Waals surface area (Å²) in [6.07, 6.45) is -7.41. The normalized spacial score (nSPS) is 23.0. The Hall–Kier alpha value is -2.80. The lowest BCUT2D eigenvalue weighted by molar-refractivity contribution is -0.149. The molecule has 2 N–H and O–H groups in total. The third-order valence-corrected chi connectivity index (χ3v) is 3.73. The van der Waals surface area contributed by atoms with E-state index in [0.29, 0.717) is 4.57 Å². The van der Waals surface area contributed by atoms with Crippen molar-refractivity contribution in [3.8, 4) is 0 Å². The van der Waals surface area contributed by atoms with Crippen molar-refractivity contribution in [2.75, 3.05) is 18.5 Å². The summed E-state index contributed by atoms with van der Waals surface area (Å²) in [7, 11) is 0. The Morgan fingerprint density at radius 2 is 2.07 bits per heavy atom. The van der Waals surface area contributed by atoms with E-state index in [1.807, 2.05) is 0 Å². The van der Waals surface area contributed by atoms with Crippen LogP contribution in [0, 0.1) is 0 Å². The van der Waals surface area contributed by atoms with E-state index in [1.165, 1.54) is 20.8 Å². The van der Waals surface area contributed by atoms with Crippen LogP contribution < -0.4 is 11.0 Å². The van der Waals surface area contributed by atoms with Crippen LogP contribution in [0.4, 0.5) is 24.2 Å². The number of anilines is 1. The standard InChI is InChI=1S/C17H23F2N3O8/c1-5-27-14(25)21-10-6-7-22(13(24)20-10)12-17(18,19)11(9(8-23)28-12)29-15(26)30-16(2,3)4/h6-7,9,11-12,23H,5,8H2,1-4H3,(H,20,21,24,25)/t9-,11-,12-/m1/s1. The lowest BCUT2D eigenvalue weighted by Crippen LogP contribution is -2.45. The molecule has 30 heavy (non-hydrogen) atoms. The molecule has 1 aromatic rings. The van der Waals surface area contributed by atoms with Gasteiger partial charge in [0, 0.05) is 6.20 Å². The van der Waals surface area contributed by atoms with Crippen LogP contribution >= 0.6 is 0 Å². The maximum atomic E-state index is 14.9. The fourth-order valence-electron chi connectivity index (χ4n) is 2.57. The van der Waals surface area contributed by atoms with Gasteiger partial charge in [-0.25, -0.2) is 14.4 Å². The zero-order valence-corrected chi connectivity index (χ0v) is 16.8. The van der Waals surface area contributed by atoms with Gasteiger partial charge in [0.15, 0.2) is 0 Å². The van der Waals surface area contributed by atoms with Gasteiger partial charge in [-0.3, -0.25) is 9.88 Å². The van der Waals surface area contributed by atoms with Crippen LogP contribution in [0.25, 0.3) is 0 Å². The molecular weight excluding hydrogens is 412 g/mol. The van der Waals surface area contributed by atoms with E-state index < -0.39 is 54.5 Å². The third-order valence-electron chi connectivity index (χ3n) is 3.73. The molecule has 1 amide bonds. The molecule has 0 radical (unpaired) electrons. The number of alkyl halides is 2. The Morgan fingerprint density at radius 1 is 1.40 bits per heavy atom. The molecule has 1 aliphatic rings. The van der Waals surface area contributed by atoms with Gasteiger partial charge in [-0.2, -0.15) is 13.8 Å². The minimum Gasteiger partial charge on any atom is -0.450 e. The zero-order valence-electron chi connectivity index (χ0n) is 16.8. The van der Waals surface area contributed by atoms with Crippen LogP contribution in [0.2, 0.25) is 0 Å². The van der Waals surface area contributed by atoms with Crippen molar-refractivity contribution in [1.29, 1.82) is 0 Å². The molecule has 13 heteroatoms. The molecule has 1 fully saturated rings. The summed E-state index contributed by atoms with van der Waals surface area (Å²) in [6, 6.07) is 1.08. The number of aromatic nitrogens is 2. The molecule has 1 aliphatic heterocycles. The van der Waals surface area contributed by atoms with Crippen LogP contribution in [0.15, 0.2) is 17.1 Å². The number of ether oxygens (including phenoxy) is 4. The van der Waals surface area contributed by atoms with Gasteiger partial charge < -0.3 is 24.1 Å². The van der Waals surface area contributed by atoms with Gasteiger partial charge >= 0.3 is 23.9 Å². The van der Waals surface area contributed by atoms with Crippen LogP contribution in [0.1, 0.15) is 33.9 Å². The first-order valence-electron chi connectivity index (χ1n) is 8.95. The van der Waals surface area contributed by atoms with E-state index in [1.54, 1.807) is 6.92 Å². The van der Waals surface area contributed by atoms with Gasteiger partial charge in [-0.1, -0.05) is 0 Å². The molecule has 0 aromatic carbocycles. The van der Waals surface area contributed by atoms with Crippen molar-refractivity contribution in [2.45, 2.75) is 57.7 Å². The van der Waals surface area contributed by atoms with Crippen molar-refractivity contribution < 1.29 is 42.4 Å². The number of rotatable bonds is 5. The molecule has 0 saturated carbocycles. The first kappa shape index (κ1) is 23.5. The highest BCUT2D eigenvalue weighted by Gasteiger charge is 2.62. The highest BCUT2D eigenvalue weighted by molar-refractivity contribution is 5.83. The first-order chi connectivity index (χ1) is 13.9. The van der Waals surface area contributed by atoms with Crippen LogP contribution in [0.5, 0.6) is 0 Å². The summed E-state index contributed by atoms with van der Waals surface area (Å²) in [4.78, 5) is 38.9. The Kier molecular flexibility index (Phi) is 6.98. The second-order valence-electron chi connectivity index (χ2n) is 7.23. The molecule has 0 bridgehead atoms. The largest absolute Gasteiger partial charge is 0.509 e. The average molecular weight is 435 g/mol. The van der Waals surface area contributed by atoms with Crippen molar-refractivity contribution in [1.82, 2.24) is 9.55 Å². The number of carbonyl (C=O) groups is 2. The van der Waals surface area contributed by atoms with Gasteiger partial charge in [0.05, 0.1) is 13.2 Å². The van der Waals surface area contributed by atoms with E-state index in [4.69, 9.17) is 14.2 Å². The molecule has 2 heterocycles. The molecule has 11 nitrogen and oxygen atoms in total. The van der Waals surface area contributed by atoms with Crippen LogP contribution in [0.3, 0.4) is 0 Å². The second-order valence-corrected chi connectivity index (χ2v) is 7.23. The maximum Gasteiger partial charge on any atom is 0.509 e. The summed E-state index contributed by atoms with van der Waals surface area (Å²) < 4.78 is 49.6. The second kappa shape index (κ2) is 8.92. The summed E-state index contributed by atoms with van der Waals surface area (Å²) in [5.74, 6) is -4.14. The number of halogens is 2. The molecule has 3 atom stereocenters. The lowest BCUT2D eigenvalue weighted by atomic mass is 10.1. The van der Waals surface area contributed by atoms with E-state index >= 15 is 0 Å². The van der Waals surface area contributed by atoms with Crippen molar-refractivity contribution in [3.05, 3.63) is 22.7 Å². The Morgan fingerprint density at radius 3 is 2.60 bits per heavy atom. The average Bonchev–Trinajstić information content (AvgIpc) is 2.84. The number of amides is 1. The first-order valence-corrected chi connectivity index (χ1v) is 8.95. The fourth-order valence-corrected chi connectivity index (χ4v) is 2.57. The number of hydrogen-bond acceptors (Lipinski definition) is 9. The quantitative estimate of drug-likeness (QED) is 0.661. The molecule has 1 saturated heterocycles. The maximum absolute atomic E-state index is 14.9. The van der Waals surface area contributed by atoms with E-state index in [-0.39, 0.29) is 12.4 Å². The van der Waals surface area contributed by atoms with Gasteiger partial charge in [0.1, 0.15) is 17.5 Å². The van der Waals surface area contributed by atoms with Crippen molar-refractivity contribution >= 4 is 18.1 Å². The van der Waals surface area contributed by atoms with Gasteiger partial charge in [-0.05, 0) is 33.8 Å². The SMILES string of the molecule is CCOC(=O)Nc1ccn([C@@H]2O[C@H](CO)[C@@H](OC(=O)OC(C)(C)C)C2(F)F)c(=O)n1. The molecule has 0 aliphatic carbocycles. The number of hydrogen-bond donors (Lipinski definition) is 2. The summed E-state index contributed by atoms with van der Waals surface area (Å²) in [5.41, 5.74) is -2.17. The topological polar surface area (TPSA) is 138 Å². The fraction of sp³-hybridized carbons (Fsp3) is 0.647. The summed E-state index contributed by atoms with van der Waals surface area (Å²) in [5, 5.41) is 11.5. The van der Waals surface area contributed by atoms with E-state index in [9.17, 15) is 28.3 Å². The van der Waals surface area contributed by atoms with Gasteiger partial charge in [0.2, 0.25) is 12.3 Å². The third kappa shape index (κ3) is 5.42. The predicted molar refractivity (Wildman–Crippen MR) is 96.2 cm³/mol. The lowest BCUT2D eigenvalue weighted by Gasteiger charge is -2.25. The van der Waals surface area contributed by atoms with E-state index in [2.05, 4.69) is 15.0 Å². The number of aliphatic hydroxyl groups is 1. The van der Waals surface area contributed by atoms with Crippen LogP contribution in [-0.4, -0.2) is 63.9 Å². The Labute approximate surface area is 169 Å². The minimum absolute atomic E-state index is 0.0760. The van der Waals surface area contributed by atoms with Crippen molar-refractivity contribution in [3.63, 3.8) is 0 Å². The number of nitrogens with zero attached hydrogens (tertiary/aromatic N) is 2. The molecule has 1 aromatic heterocycles. The van der Waals surface area contributed by atoms with Gasteiger partial charge in [-0.15, -0.1) is 0 Å². The number of carbonyl (C=O) groups excluding carboxylic acids is 2. The highest BCUT2D eigenvalue weighted by atomic mass is 19.3. The minimum atomic E-state index is -3.91. The van der Waals surface area contributed by atoms with Crippen molar-refractivity contribution in [2.24, 2.45) is 0 Å². The number of nitrogens with one attached hydrogen (secondary N) is 1. The molecular formula is C17H23F2N3O8. The molecule has 0 spiro atoms. The molecule has 2 rings (SSSR count). The smallest absolute Gasteiger partial charge is 0.450 e. The zero-order chi connectivity index (χ0) is 22.7. The van der Waals surface area contributed by atoms with Gasteiger partial charge in [0.25, 0.3) is 0 Å². The molecule has 0 unspecified atom stereocenters. The highest BCUT2D eigenvalue weighted by Crippen LogP contribution is 2.44. The Bertz CT molecular complexity index is 839. The summed E-state index contributed by atoms with van der Waals surface area (Å²) >= 11 is 0. The number of aliphatic hydroxyl groups excluding tert-OH is 1. The predicted octanol–water partition coefficient (Wildman–Crippen LogP) is 1.66.